The first-order valence-corrected chi connectivity index (χ1v) is 5.37. The van der Waals surface area contributed by atoms with Crippen molar-refractivity contribution in [2.45, 2.75) is 0 Å². The van der Waals surface area contributed by atoms with E-state index in [1.807, 2.05) is 0 Å². The van der Waals surface area contributed by atoms with Gasteiger partial charge in [-0.2, -0.15) is 0 Å². The van der Waals surface area contributed by atoms with E-state index >= 15 is 0 Å². The molecule has 0 unspecified atom stereocenters. The Balaban J connectivity index is 2.31. The zero-order valence-electron chi connectivity index (χ0n) is 8.24. The first-order chi connectivity index (χ1) is 7.66. The van der Waals surface area contributed by atoms with Gasteiger partial charge in [-0.3, -0.25) is 4.98 Å². The van der Waals surface area contributed by atoms with Gasteiger partial charge >= 0.3 is 0 Å². The summed E-state index contributed by atoms with van der Waals surface area (Å²) in [5, 5.41) is 2.91. The van der Waals surface area contributed by atoms with Crippen LogP contribution in [0.25, 0.3) is 0 Å². The maximum atomic E-state index is 13.5. The van der Waals surface area contributed by atoms with Crippen LogP contribution in [0.15, 0.2) is 41.1 Å². The minimum atomic E-state index is -0.342. The molecule has 1 aromatic heterocycles. The summed E-state index contributed by atoms with van der Waals surface area (Å²) in [5.41, 5.74) is 7.18. The zero-order chi connectivity index (χ0) is 11.5. The molecule has 82 valence electrons. The minimum absolute atomic E-state index is 0.342. The smallest absolute Gasteiger partial charge is 0.147 e. The number of nitrogens with zero attached hydrogens (tertiary/aromatic N) is 1. The molecule has 0 aliphatic heterocycles. The van der Waals surface area contributed by atoms with Crippen LogP contribution in [0.2, 0.25) is 0 Å². The number of hydrogen-bond donors (Lipinski definition) is 2. The zero-order valence-corrected chi connectivity index (χ0v) is 9.83. The van der Waals surface area contributed by atoms with E-state index in [2.05, 4.69) is 26.2 Å². The van der Waals surface area contributed by atoms with Crippen molar-refractivity contribution in [3.05, 3.63) is 46.9 Å². The van der Waals surface area contributed by atoms with E-state index in [4.69, 9.17) is 5.73 Å². The van der Waals surface area contributed by atoms with Crippen LogP contribution in [-0.2, 0) is 0 Å². The second kappa shape index (κ2) is 4.49. The highest BCUT2D eigenvalue weighted by Gasteiger charge is 2.04. The van der Waals surface area contributed by atoms with Gasteiger partial charge in [0.15, 0.2) is 0 Å². The molecule has 5 heteroatoms. The summed E-state index contributed by atoms with van der Waals surface area (Å²) in [6.45, 7) is 0. The van der Waals surface area contributed by atoms with Crippen molar-refractivity contribution in [1.82, 2.24) is 4.98 Å². The Hall–Kier alpha value is -1.62. The van der Waals surface area contributed by atoms with E-state index in [0.29, 0.717) is 21.5 Å². The lowest BCUT2D eigenvalue weighted by Crippen LogP contribution is -1.98. The van der Waals surface area contributed by atoms with Crippen LogP contribution < -0.4 is 11.1 Å². The van der Waals surface area contributed by atoms with Crippen molar-refractivity contribution < 1.29 is 4.39 Å². The quantitative estimate of drug-likeness (QED) is 0.888. The van der Waals surface area contributed by atoms with E-state index < -0.39 is 0 Å². The highest BCUT2D eigenvalue weighted by molar-refractivity contribution is 9.10. The lowest BCUT2D eigenvalue weighted by atomic mass is 10.2. The summed E-state index contributed by atoms with van der Waals surface area (Å²) in [5.74, 6) is -0.342. The van der Waals surface area contributed by atoms with Crippen molar-refractivity contribution in [2.75, 3.05) is 11.1 Å². The molecule has 2 rings (SSSR count). The van der Waals surface area contributed by atoms with Crippen LogP contribution >= 0.6 is 15.9 Å². The van der Waals surface area contributed by atoms with Crippen LogP contribution in [0.4, 0.5) is 21.5 Å². The summed E-state index contributed by atoms with van der Waals surface area (Å²) in [7, 11) is 0. The van der Waals surface area contributed by atoms with Crippen LogP contribution in [-0.4, -0.2) is 4.98 Å². The van der Waals surface area contributed by atoms with Crippen molar-refractivity contribution in [3.63, 3.8) is 0 Å². The molecule has 3 N–H and O–H groups in total. The van der Waals surface area contributed by atoms with Gasteiger partial charge < -0.3 is 11.1 Å². The van der Waals surface area contributed by atoms with Crippen LogP contribution in [0, 0.1) is 5.82 Å². The van der Waals surface area contributed by atoms with Gasteiger partial charge in [-0.25, -0.2) is 4.39 Å². The summed E-state index contributed by atoms with van der Waals surface area (Å²) in [6, 6.07) is 6.47. The summed E-state index contributed by atoms with van der Waals surface area (Å²) in [4.78, 5) is 3.86. The van der Waals surface area contributed by atoms with E-state index in [1.165, 1.54) is 12.3 Å². The lowest BCUT2D eigenvalue weighted by molar-refractivity contribution is 0.631. The van der Waals surface area contributed by atoms with Crippen molar-refractivity contribution in [3.8, 4) is 0 Å². The molecule has 0 fully saturated rings. The van der Waals surface area contributed by atoms with E-state index in [0.717, 1.165) is 0 Å². The molecule has 3 nitrogen and oxygen atoms in total. The largest absolute Gasteiger partial charge is 0.396 e. The molecule has 0 atom stereocenters. The molecule has 0 aliphatic rings. The number of nitrogens with two attached hydrogens (primary N) is 1. The molecular weight excluding hydrogens is 273 g/mol. The molecule has 1 heterocycles. The van der Waals surface area contributed by atoms with Gasteiger partial charge in [0.2, 0.25) is 0 Å². The van der Waals surface area contributed by atoms with E-state index in [1.54, 1.807) is 24.4 Å². The fraction of sp³-hybridized carbons (Fsp3) is 0. The summed E-state index contributed by atoms with van der Waals surface area (Å²) >= 11 is 3.19. The number of benzene rings is 1. The summed E-state index contributed by atoms with van der Waals surface area (Å²) in [6.07, 6.45) is 3.11. The van der Waals surface area contributed by atoms with Gasteiger partial charge in [0.25, 0.3) is 0 Å². The number of hydrogen-bond acceptors (Lipinski definition) is 3. The lowest BCUT2D eigenvalue weighted by Gasteiger charge is -2.09. The van der Waals surface area contributed by atoms with Crippen LogP contribution in [0.3, 0.4) is 0 Å². The van der Waals surface area contributed by atoms with Gasteiger partial charge in [-0.15, -0.1) is 0 Å². The molecule has 0 saturated heterocycles. The second-order valence-electron chi connectivity index (χ2n) is 3.21. The van der Waals surface area contributed by atoms with E-state index in [-0.39, 0.29) is 5.82 Å². The van der Waals surface area contributed by atoms with Gasteiger partial charge in [-0.05, 0) is 24.3 Å². The Morgan fingerprint density at radius 1 is 1.25 bits per heavy atom. The van der Waals surface area contributed by atoms with Gasteiger partial charge in [-0.1, -0.05) is 15.9 Å². The fourth-order valence-electron chi connectivity index (χ4n) is 1.26. The number of halogens is 2. The molecule has 16 heavy (non-hydrogen) atoms. The molecular formula is C11H9BrFN3. The van der Waals surface area contributed by atoms with Gasteiger partial charge in [0, 0.05) is 10.7 Å². The fourth-order valence-corrected chi connectivity index (χ4v) is 1.59. The number of pyridine rings is 1. The Kier molecular flexibility index (Phi) is 3.05. The molecule has 0 amide bonds. The first kappa shape index (κ1) is 10.9. The third-order valence-electron chi connectivity index (χ3n) is 2.05. The van der Waals surface area contributed by atoms with Gasteiger partial charge in [0.1, 0.15) is 5.82 Å². The van der Waals surface area contributed by atoms with Crippen molar-refractivity contribution in [1.29, 1.82) is 0 Å². The predicted octanol–water partition coefficient (Wildman–Crippen LogP) is 3.31. The maximum absolute atomic E-state index is 13.5. The highest BCUT2D eigenvalue weighted by atomic mass is 79.9. The monoisotopic (exact) mass is 281 g/mol. The normalized spacial score (nSPS) is 10.1. The number of aromatic nitrogens is 1. The number of rotatable bonds is 2. The molecule has 0 spiro atoms. The van der Waals surface area contributed by atoms with Crippen LogP contribution in [0.5, 0.6) is 0 Å². The maximum Gasteiger partial charge on any atom is 0.147 e. The Morgan fingerprint density at radius 3 is 2.75 bits per heavy atom. The standard InChI is InChI=1S/C11H9BrFN3/c12-7-1-2-10(8(13)5-7)16-11-3-4-15-6-9(11)14/h1-6H,14H2,(H,15,16). The molecule has 0 saturated carbocycles. The second-order valence-corrected chi connectivity index (χ2v) is 4.13. The Morgan fingerprint density at radius 2 is 2.06 bits per heavy atom. The van der Waals surface area contributed by atoms with Crippen molar-refractivity contribution in [2.24, 2.45) is 0 Å². The third kappa shape index (κ3) is 2.30. The summed E-state index contributed by atoms with van der Waals surface area (Å²) < 4.78 is 14.2. The average Bonchev–Trinajstić information content (AvgIpc) is 2.25. The van der Waals surface area contributed by atoms with Gasteiger partial charge in [0.05, 0.1) is 23.3 Å². The van der Waals surface area contributed by atoms with Crippen LogP contribution in [0.1, 0.15) is 0 Å². The minimum Gasteiger partial charge on any atom is -0.396 e. The molecule has 0 aliphatic carbocycles. The topological polar surface area (TPSA) is 50.9 Å². The number of nitrogens with one attached hydrogen (secondary N) is 1. The Bertz CT molecular complexity index is 516. The van der Waals surface area contributed by atoms with E-state index in [9.17, 15) is 4.39 Å². The molecule has 2 aromatic rings. The molecule has 0 radical (unpaired) electrons. The molecule has 0 bridgehead atoms. The third-order valence-corrected chi connectivity index (χ3v) is 2.55. The average molecular weight is 282 g/mol. The SMILES string of the molecule is Nc1cnccc1Nc1ccc(Br)cc1F. The number of nitrogen functional groups attached to an aromatic ring is 1. The highest BCUT2D eigenvalue weighted by Crippen LogP contribution is 2.25. The first-order valence-electron chi connectivity index (χ1n) is 4.58. The number of anilines is 3. The predicted molar refractivity (Wildman–Crippen MR) is 66.0 cm³/mol. The Labute approximate surface area is 101 Å². The molecule has 1 aromatic carbocycles. The van der Waals surface area contributed by atoms with Crippen molar-refractivity contribution >= 4 is 33.0 Å².